The molecule has 1 atom stereocenters. The van der Waals surface area contributed by atoms with Gasteiger partial charge in [0.2, 0.25) is 5.91 Å². The van der Waals surface area contributed by atoms with Crippen LogP contribution in [0, 0.1) is 5.92 Å². The van der Waals surface area contributed by atoms with Crippen LogP contribution in [-0.4, -0.2) is 31.8 Å². The first-order valence-corrected chi connectivity index (χ1v) is 5.80. The Labute approximate surface area is 97.3 Å². The van der Waals surface area contributed by atoms with Crippen LogP contribution in [0.2, 0.25) is 0 Å². The largest absolute Gasteiger partial charge is 0.356 e. The van der Waals surface area contributed by atoms with Crippen molar-refractivity contribution in [2.24, 2.45) is 23.1 Å². The van der Waals surface area contributed by atoms with Crippen LogP contribution in [0.3, 0.4) is 0 Å². The Morgan fingerprint density at radius 2 is 1.94 bits per heavy atom. The molecule has 0 fully saturated rings. The van der Waals surface area contributed by atoms with Crippen LogP contribution in [0.25, 0.3) is 0 Å². The Morgan fingerprint density at radius 3 is 2.50 bits per heavy atom. The average Bonchev–Trinajstić information content (AvgIpc) is 2.24. The first kappa shape index (κ1) is 15.3. The zero-order chi connectivity index (χ0) is 12.4. The standard InChI is InChI=1S/C10H25N5O/c1-8(4-2-6-15-10(12)13)9(16)14-7-3-5-11/h8,10,15H,2-7,11-13H2,1H3,(H,14,16). The minimum absolute atomic E-state index is 0.0218. The van der Waals surface area contributed by atoms with Gasteiger partial charge in [-0.05, 0) is 32.4 Å². The monoisotopic (exact) mass is 231 g/mol. The summed E-state index contributed by atoms with van der Waals surface area (Å²) >= 11 is 0. The van der Waals surface area contributed by atoms with E-state index in [-0.39, 0.29) is 11.8 Å². The van der Waals surface area contributed by atoms with Crippen LogP contribution in [0.4, 0.5) is 0 Å². The summed E-state index contributed by atoms with van der Waals surface area (Å²) in [6, 6.07) is 0. The summed E-state index contributed by atoms with van der Waals surface area (Å²) < 4.78 is 0. The number of hydrogen-bond acceptors (Lipinski definition) is 5. The molecule has 0 aromatic rings. The molecule has 0 aromatic heterocycles. The lowest BCUT2D eigenvalue weighted by Crippen LogP contribution is -2.45. The molecule has 0 aliphatic heterocycles. The van der Waals surface area contributed by atoms with Gasteiger partial charge in [0, 0.05) is 12.5 Å². The van der Waals surface area contributed by atoms with Gasteiger partial charge >= 0.3 is 0 Å². The maximum absolute atomic E-state index is 11.5. The van der Waals surface area contributed by atoms with E-state index in [0.29, 0.717) is 13.1 Å². The fourth-order valence-corrected chi connectivity index (χ4v) is 1.30. The molecule has 0 aromatic carbocycles. The Bertz CT molecular complexity index is 186. The van der Waals surface area contributed by atoms with Crippen molar-refractivity contribution in [1.82, 2.24) is 10.6 Å². The van der Waals surface area contributed by atoms with E-state index in [1.54, 1.807) is 0 Å². The van der Waals surface area contributed by atoms with Crippen molar-refractivity contribution >= 4 is 5.91 Å². The fraction of sp³-hybridized carbons (Fsp3) is 0.900. The Morgan fingerprint density at radius 1 is 1.25 bits per heavy atom. The summed E-state index contributed by atoms with van der Waals surface area (Å²) in [6.07, 6.45) is 2.06. The second kappa shape index (κ2) is 9.53. The van der Waals surface area contributed by atoms with Gasteiger partial charge in [-0.15, -0.1) is 0 Å². The Balaban J connectivity index is 3.47. The quantitative estimate of drug-likeness (QED) is 0.248. The van der Waals surface area contributed by atoms with Crippen LogP contribution in [0.15, 0.2) is 0 Å². The summed E-state index contributed by atoms with van der Waals surface area (Å²) in [4.78, 5) is 11.5. The number of amides is 1. The van der Waals surface area contributed by atoms with Crippen molar-refractivity contribution in [3.8, 4) is 0 Å². The molecule has 0 spiro atoms. The lowest BCUT2D eigenvalue weighted by atomic mass is 10.0. The summed E-state index contributed by atoms with van der Waals surface area (Å²) in [5, 5.41) is 5.74. The van der Waals surface area contributed by atoms with E-state index in [9.17, 15) is 4.79 Å². The lowest BCUT2D eigenvalue weighted by Gasteiger charge is -2.13. The predicted molar refractivity (Wildman–Crippen MR) is 65.2 cm³/mol. The number of nitrogens with one attached hydrogen (secondary N) is 2. The topological polar surface area (TPSA) is 119 Å². The van der Waals surface area contributed by atoms with E-state index in [1.807, 2.05) is 6.92 Å². The van der Waals surface area contributed by atoms with Gasteiger partial charge in [-0.2, -0.15) is 0 Å². The molecule has 0 aliphatic carbocycles. The van der Waals surface area contributed by atoms with Gasteiger partial charge in [0.05, 0.1) is 0 Å². The van der Waals surface area contributed by atoms with Crippen LogP contribution < -0.4 is 27.8 Å². The van der Waals surface area contributed by atoms with Crippen LogP contribution in [0.1, 0.15) is 26.2 Å². The normalized spacial score (nSPS) is 12.8. The van der Waals surface area contributed by atoms with E-state index < -0.39 is 6.29 Å². The molecule has 0 saturated heterocycles. The summed E-state index contributed by atoms with van der Waals surface area (Å²) in [6.45, 7) is 3.91. The molecule has 6 heteroatoms. The Hall–Kier alpha value is -0.690. The van der Waals surface area contributed by atoms with E-state index in [2.05, 4.69) is 10.6 Å². The molecule has 1 amide bonds. The molecule has 6 nitrogen and oxygen atoms in total. The number of carbonyl (C=O) groups excluding carboxylic acids is 1. The third-order valence-corrected chi connectivity index (χ3v) is 2.32. The highest BCUT2D eigenvalue weighted by atomic mass is 16.1. The van der Waals surface area contributed by atoms with Gasteiger partial charge < -0.3 is 22.5 Å². The first-order valence-electron chi connectivity index (χ1n) is 5.80. The van der Waals surface area contributed by atoms with Gasteiger partial charge in [0.15, 0.2) is 0 Å². The van der Waals surface area contributed by atoms with Crippen molar-refractivity contribution in [3.63, 3.8) is 0 Å². The smallest absolute Gasteiger partial charge is 0.222 e. The second-order valence-electron chi connectivity index (χ2n) is 3.96. The van der Waals surface area contributed by atoms with E-state index >= 15 is 0 Å². The van der Waals surface area contributed by atoms with Crippen molar-refractivity contribution in [3.05, 3.63) is 0 Å². The van der Waals surface area contributed by atoms with Gasteiger partial charge in [-0.25, -0.2) is 0 Å². The predicted octanol–water partition coefficient (Wildman–Crippen LogP) is -1.34. The molecule has 16 heavy (non-hydrogen) atoms. The zero-order valence-corrected chi connectivity index (χ0v) is 10.0. The van der Waals surface area contributed by atoms with E-state index in [1.165, 1.54) is 0 Å². The fourth-order valence-electron chi connectivity index (χ4n) is 1.30. The van der Waals surface area contributed by atoms with Crippen molar-refractivity contribution in [2.75, 3.05) is 19.6 Å². The van der Waals surface area contributed by atoms with Gasteiger partial charge in [0.1, 0.15) is 6.29 Å². The molecule has 0 heterocycles. The highest BCUT2D eigenvalue weighted by molar-refractivity contribution is 5.78. The molecule has 0 radical (unpaired) electrons. The van der Waals surface area contributed by atoms with Gasteiger partial charge in [0.25, 0.3) is 0 Å². The number of nitrogens with two attached hydrogens (primary N) is 3. The van der Waals surface area contributed by atoms with Crippen LogP contribution >= 0.6 is 0 Å². The maximum Gasteiger partial charge on any atom is 0.222 e. The van der Waals surface area contributed by atoms with Gasteiger partial charge in [-0.3, -0.25) is 10.1 Å². The summed E-state index contributed by atoms with van der Waals surface area (Å²) in [7, 11) is 0. The first-order chi connectivity index (χ1) is 7.57. The minimum Gasteiger partial charge on any atom is -0.356 e. The minimum atomic E-state index is -0.478. The third-order valence-electron chi connectivity index (χ3n) is 2.32. The molecule has 0 saturated carbocycles. The summed E-state index contributed by atoms with van der Waals surface area (Å²) in [5.41, 5.74) is 16.0. The van der Waals surface area contributed by atoms with E-state index in [0.717, 1.165) is 25.8 Å². The van der Waals surface area contributed by atoms with Crippen molar-refractivity contribution in [2.45, 2.75) is 32.5 Å². The van der Waals surface area contributed by atoms with Crippen LogP contribution in [-0.2, 0) is 4.79 Å². The second-order valence-corrected chi connectivity index (χ2v) is 3.96. The molecular weight excluding hydrogens is 206 g/mol. The van der Waals surface area contributed by atoms with E-state index in [4.69, 9.17) is 17.2 Å². The summed E-state index contributed by atoms with van der Waals surface area (Å²) in [5.74, 6) is 0.110. The molecule has 96 valence electrons. The Kier molecular flexibility index (Phi) is 9.12. The molecule has 0 rings (SSSR count). The number of rotatable bonds is 9. The molecule has 0 bridgehead atoms. The van der Waals surface area contributed by atoms with Crippen LogP contribution in [0.5, 0.6) is 0 Å². The third kappa shape index (κ3) is 8.60. The lowest BCUT2D eigenvalue weighted by molar-refractivity contribution is -0.124. The van der Waals surface area contributed by atoms with Crippen molar-refractivity contribution < 1.29 is 4.79 Å². The molecule has 0 aliphatic rings. The maximum atomic E-state index is 11.5. The number of carbonyl (C=O) groups is 1. The zero-order valence-electron chi connectivity index (χ0n) is 10.0. The van der Waals surface area contributed by atoms with Gasteiger partial charge in [-0.1, -0.05) is 6.92 Å². The molecular formula is C10H25N5O. The number of hydrogen-bond donors (Lipinski definition) is 5. The SMILES string of the molecule is CC(CCCNC(N)N)C(=O)NCCCN. The van der Waals surface area contributed by atoms with Crippen molar-refractivity contribution in [1.29, 1.82) is 0 Å². The molecule has 1 unspecified atom stereocenters. The molecule has 8 N–H and O–H groups in total. The average molecular weight is 231 g/mol. The highest BCUT2D eigenvalue weighted by Crippen LogP contribution is 2.04. The highest BCUT2D eigenvalue weighted by Gasteiger charge is 2.11.